The highest BCUT2D eigenvalue weighted by Gasteiger charge is 2.19. The fourth-order valence-electron chi connectivity index (χ4n) is 1.75. The number of pyridine rings is 1. The average molecular weight is 234 g/mol. The Bertz CT molecular complexity index is 560. The number of hydrogen-bond donors (Lipinski definition) is 0. The quantitative estimate of drug-likeness (QED) is 0.761. The Morgan fingerprint density at radius 3 is 2.71 bits per heavy atom. The van der Waals surface area contributed by atoms with E-state index < -0.39 is 0 Å². The van der Waals surface area contributed by atoms with Crippen LogP contribution in [-0.2, 0) is 0 Å². The maximum Gasteiger partial charge on any atom is 0.181 e. The van der Waals surface area contributed by atoms with Gasteiger partial charge in [-0.1, -0.05) is 0 Å². The van der Waals surface area contributed by atoms with Crippen molar-refractivity contribution < 1.29 is 9.18 Å². The van der Waals surface area contributed by atoms with Crippen molar-refractivity contribution in [2.45, 2.75) is 13.0 Å². The monoisotopic (exact) mass is 234 g/mol. The van der Waals surface area contributed by atoms with Crippen molar-refractivity contribution >= 4 is 11.3 Å². The first-order valence-electron chi connectivity index (χ1n) is 5.47. The molecule has 1 atom stereocenters. The molecule has 0 saturated carbocycles. The zero-order chi connectivity index (χ0) is 12.6. The lowest BCUT2D eigenvalue weighted by molar-refractivity contribution is 0.0892. The van der Waals surface area contributed by atoms with Gasteiger partial charge >= 0.3 is 0 Å². The number of likely N-dealkylation sites (N-methyl/N-ethyl adjacent to an activating group) is 1. The Morgan fingerprint density at radius 1 is 1.35 bits per heavy atom. The molecule has 3 nitrogen and oxygen atoms in total. The standard InChI is InChI=1S/C13H15FN2O/c1-9(15(2)3)13(17)11-6-7-16-8-10(14)4-5-12(11)16/h4-9H,1-3H3. The van der Waals surface area contributed by atoms with Crippen LogP contribution in [0, 0.1) is 5.82 Å². The van der Waals surface area contributed by atoms with Crippen LogP contribution in [0.2, 0.25) is 0 Å². The Kier molecular flexibility index (Phi) is 2.98. The number of Topliss-reactive ketones (excluding diaryl/α,β-unsaturated/α-hetero) is 1. The van der Waals surface area contributed by atoms with Gasteiger partial charge in [0.05, 0.1) is 11.6 Å². The molecule has 0 aliphatic rings. The van der Waals surface area contributed by atoms with Gasteiger partial charge in [0.15, 0.2) is 5.78 Å². The molecule has 0 fully saturated rings. The third-order valence-corrected chi connectivity index (χ3v) is 3.04. The molecule has 17 heavy (non-hydrogen) atoms. The summed E-state index contributed by atoms with van der Waals surface area (Å²) >= 11 is 0. The van der Waals surface area contributed by atoms with Crippen LogP contribution in [0.4, 0.5) is 4.39 Å². The van der Waals surface area contributed by atoms with E-state index in [-0.39, 0.29) is 17.6 Å². The maximum atomic E-state index is 13.0. The molecule has 4 heteroatoms. The van der Waals surface area contributed by atoms with Crippen molar-refractivity contribution in [3.63, 3.8) is 0 Å². The van der Waals surface area contributed by atoms with Crippen molar-refractivity contribution in [2.75, 3.05) is 14.1 Å². The molecule has 0 amide bonds. The smallest absolute Gasteiger partial charge is 0.181 e. The minimum atomic E-state index is -0.312. The summed E-state index contributed by atoms with van der Waals surface area (Å²) in [5.41, 5.74) is 1.37. The van der Waals surface area contributed by atoms with Gasteiger partial charge in [0.2, 0.25) is 0 Å². The first-order chi connectivity index (χ1) is 8.00. The van der Waals surface area contributed by atoms with E-state index in [0.29, 0.717) is 5.56 Å². The van der Waals surface area contributed by atoms with Gasteiger partial charge in [-0.15, -0.1) is 0 Å². The van der Waals surface area contributed by atoms with Crippen LogP contribution in [-0.4, -0.2) is 35.2 Å². The van der Waals surface area contributed by atoms with Crippen LogP contribution < -0.4 is 0 Å². The van der Waals surface area contributed by atoms with Crippen LogP contribution in [0.15, 0.2) is 30.6 Å². The number of aromatic nitrogens is 1. The van der Waals surface area contributed by atoms with Crippen LogP contribution in [0.5, 0.6) is 0 Å². The fourth-order valence-corrected chi connectivity index (χ4v) is 1.75. The van der Waals surface area contributed by atoms with E-state index in [0.717, 1.165) is 5.52 Å². The number of carbonyl (C=O) groups is 1. The summed E-state index contributed by atoms with van der Waals surface area (Å²) in [6.07, 6.45) is 3.07. The molecule has 0 aromatic carbocycles. The van der Waals surface area contributed by atoms with Crippen molar-refractivity contribution in [1.82, 2.24) is 9.30 Å². The Hall–Kier alpha value is -1.68. The second-order valence-corrected chi connectivity index (χ2v) is 4.37. The minimum absolute atomic E-state index is 0.0455. The zero-order valence-electron chi connectivity index (χ0n) is 10.1. The van der Waals surface area contributed by atoms with Crippen LogP contribution in [0.1, 0.15) is 17.3 Å². The van der Waals surface area contributed by atoms with Gasteiger partial charge in [-0.3, -0.25) is 9.69 Å². The van der Waals surface area contributed by atoms with E-state index in [1.54, 1.807) is 22.7 Å². The molecule has 0 N–H and O–H groups in total. The second kappa shape index (κ2) is 4.30. The van der Waals surface area contributed by atoms with E-state index in [9.17, 15) is 9.18 Å². The van der Waals surface area contributed by atoms with Gasteiger partial charge in [-0.2, -0.15) is 0 Å². The zero-order valence-corrected chi connectivity index (χ0v) is 10.1. The maximum absolute atomic E-state index is 13.0. The van der Waals surface area contributed by atoms with Gasteiger partial charge in [0.1, 0.15) is 5.82 Å². The van der Waals surface area contributed by atoms with E-state index in [2.05, 4.69) is 0 Å². The van der Waals surface area contributed by atoms with Crippen LogP contribution in [0.3, 0.4) is 0 Å². The number of ketones is 1. The average Bonchev–Trinajstić information content (AvgIpc) is 2.69. The van der Waals surface area contributed by atoms with Crippen LogP contribution in [0.25, 0.3) is 5.52 Å². The number of rotatable bonds is 3. The van der Waals surface area contributed by atoms with Gasteiger partial charge in [-0.05, 0) is 39.2 Å². The predicted octanol–water partition coefficient (Wildman–Crippen LogP) is 2.21. The molecule has 2 aromatic rings. The lowest BCUT2D eigenvalue weighted by Gasteiger charge is -2.17. The summed E-state index contributed by atoms with van der Waals surface area (Å²) in [6, 6.07) is 4.54. The molecular weight excluding hydrogens is 219 g/mol. The normalized spacial score (nSPS) is 13.2. The molecule has 0 bridgehead atoms. The lowest BCUT2D eigenvalue weighted by Crippen LogP contribution is -2.32. The van der Waals surface area contributed by atoms with E-state index >= 15 is 0 Å². The molecular formula is C13H15FN2O. The molecule has 0 aliphatic heterocycles. The largest absolute Gasteiger partial charge is 0.320 e. The third kappa shape index (κ3) is 2.08. The minimum Gasteiger partial charge on any atom is -0.320 e. The topological polar surface area (TPSA) is 24.7 Å². The van der Waals surface area contributed by atoms with Gasteiger partial charge < -0.3 is 4.40 Å². The first-order valence-corrected chi connectivity index (χ1v) is 5.47. The number of fused-ring (bicyclic) bond motifs is 1. The predicted molar refractivity (Wildman–Crippen MR) is 64.8 cm³/mol. The molecule has 2 aromatic heterocycles. The second-order valence-electron chi connectivity index (χ2n) is 4.37. The number of nitrogens with zero attached hydrogens (tertiary/aromatic N) is 2. The summed E-state index contributed by atoms with van der Waals surface area (Å²) in [4.78, 5) is 14.1. The highest BCUT2D eigenvalue weighted by molar-refractivity contribution is 6.05. The lowest BCUT2D eigenvalue weighted by atomic mass is 10.1. The summed E-state index contributed by atoms with van der Waals surface area (Å²) in [6.45, 7) is 1.86. The molecule has 1 unspecified atom stereocenters. The van der Waals surface area contributed by atoms with Crippen molar-refractivity contribution in [2.24, 2.45) is 0 Å². The SMILES string of the molecule is CC(C(=O)c1ccn2cc(F)ccc12)N(C)C. The highest BCUT2D eigenvalue weighted by atomic mass is 19.1. The molecule has 2 rings (SSSR count). The van der Waals surface area contributed by atoms with E-state index in [4.69, 9.17) is 0 Å². The molecule has 0 aliphatic carbocycles. The Labute approximate surface area is 99.5 Å². The van der Waals surface area contributed by atoms with Gasteiger partial charge in [0.25, 0.3) is 0 Å². The summed E-state index contributed by atoms with van der Waals surface area (Å²) in [7, 11) is 3.72. The number of carbonyl (C=O) groups excluding carboxylic acids is 1. The molecule has 0 radical (unpaired) electrons. The van der Waals surface area contributed by atoms with Gasteiger partial charge in [-0.25, -0.2) is 4.39 Å². The molecule has 0 saturated heterocycles. The van der Waals surface area contributed by atoms with E-state index in [1.165, 1.54) is 12.3 Å². The fraction of sp³-hybridized carbons (Fsp3) is 0.308. The molecule has 2 heterocycles. The van der Waals surface area contributed by atoms with Crippen molar-refractivity contribution in [3.05, 3.63) is 42.0 Å². The molecule has 0 spiro atoms. The van der Waals surface area contributed by atoms with Crippen LogP contribution >= 0.6 is 0 Å². The summed E-state index contributed by atoms with van der Waals surface area (Å²) in [5, 5.41) is 0. The van der Waals surface area contributed by atoms with Gasteiger partial charge in [0, 0.05) is 18.0 Å². The van der Waals surface area contributed by atoms with Crippen molar-refractivity contribution in [3.8, 4) is 0 Å². The van der Waals surface area contributed by atoms with Crippen molar-refractivity contribution in [1.29, 1.82) is 0 Å². The highest BCUT2D eigenvalue weighted by Crippen LogP contribution is 2.16. The Morgan fingerprint density at radius 2 is 2.06 bits per heavy atom. The number of hydrogen-bond acceptors (Lipinski definition) is 2. The number of halogens is 1. The summed E-state index contributed by atoms with van der Waals surface area (Å²) < 4.78 is 14.6. The Balaban J connectivity index is 2.46. The summed E-state index contributed by atoms with van der Waals surface area (Å²) in [5.74, 6) is -0.267. The van der Waals surface area contributed by atoms with E-state index in [1.807, 2.05) is 25.9 Å². The molecule has 90 valence electrons. The third-order valence-electron chi connectivity index (χ3n) is 3.04. The first kappa shape index (κ1) is 11.8.